The Kier molecular flexibility index (Phi) is 4.28. The molecule has 0 saturated carbocycles. The second kappa shape index (κ2) is 6.73. The number of rotatable bonds is 2. The molecule has 2 heterocycles. The summed E-state index contributed by atoms with van der Waals surface area (Å²) in [5.41, 5.74) is 4.20. The van der Waals surface area contributed by atoms with E-state index in [-0.39, 0.29) is 11.7 Å². The highest BCUT2D eigenvalue weighted by atomic mass is 19.1. The molecule has 25 heavy (non-hydrogen) atoms. The highest BCUT2D eigenvalue weighted by Crippen LogP contribution is 2.37. The van der Waals surface area contributed by atoms with Gasteiger partial charge in [-0.2, -0.15) is 10.2 Å². The third-order valence-corrected chi connectivity index (χ3v) is 4.93. The van der Waals surface area contributed by atoms with Gasteiger partial charge in [0.05, 0.1) is 5.69 Å². The number of fused-ring (bicyclic) bond motifs is 1. The van der Waals surface area contributed by atoms with Crippen LogP contribution in [0, 0.1) is 5.82 Å². The Bertz CT molecular complexity index is 865. The average molecular weight is 333 g/mol. The predicted molar refractivity (Wildman–Crippen MR) is 96.7 cm³/mol. The van der Waals surface area contributed by atoms with Crippen molar-refractivity contribution < 1.29 is 4.39 Å². The Balaban J connectivity index is 1.86. The Morgan fingerprint density at radius 3 is 2.64 bits per heavy atom. The van der Waals surface area contributed by atoms with Crippen LogP contribution < -0.4 is 0 Å². The van der Waals surface area contributed by atoms with E-state index in [1.807, 2.05) is 31.3 Å². The lowest BCUT2D eigenvalue weighted by Gasteiger charge is -2.19. The zero-order chi connectivity index (χ0) is 17.2. The molecular weight excluding hydrogens is 313 g/mol. The molecule has 0 fully saturated rings. The van der Waals surface area contributed by atoms with Crippen LogP contribution in [0.3, 0.4) is 0 Å². The van der Waals surface area contributed by atoms with Crippen LogP contribution in [0.4, 0.5) is 4.39 Å². The maximum absolute atomic E-state index is 15.4. The van der Waals surface area contributed by atoms with Gasteiger partial charge in [-0.15, -0.1) is 0 Å². The van der Waals surface area contributed by atoms with Crippen molar-refractivity contribution in [2.24, 2.45) is 0 Å². The third-order valence-electron chi connectivity index (χ3n) is 4.93. The Hall–Kier alpha value is -2.59. The number of nitrogens with zero attached hydrogens (tertiary/aromatic N) is 3. The van der Waals surface area contributed by atoms with Crippen molar-refractivity contribution in [1.29, 1.82) is 0 Å². The normalized spacial score (nSPS) is 17.8. The smallest absolute Gasteiger partial charge is 0.137 e. The summed E-state index contributed by atoms with van der Waals surface area (Å²) in [6.45, 7) is 1.55. The summed E-state index contributed by atoms with van der Waals surface area (Å²) in [7, 11) is 2.05. The van der Waals surface area contributed by atoms with Crippen molar-refractivity contribution in [1.82, 2.24) is 15.1 Å². The second-order valence-electron chi connectivity index (χ2n) is 6.59. The summed E-state index contributed by atoms with van der Waals surface area (Å²) in [6.07, 6.45) is 2.58. The molecule has 0 aliphatic carbocycles. The highest BCUT2D eigenvalue weighted by Gasteiger charge is 2.26. The Labute approximate surface area is 147 Å². The van der Waals surface area contributed by atoms with Crippen molar-refractivity contribution in [3.05, 3.63) is 83.3 Å². The van der Waals surface area contributed by atoms with Gasteiger partial charge in [0.25, 0.3) is 0 Å². The number of hydrogen-bond acceptors (Lipinski definition) is 3. The fourth-order valence-corrected chi connectivity index (χ4v) is 3.65. The van der Waals surface area contributed by atoms with Crippen LogP contribution in [0.25, 0.3) is 11.3 Å². The first-order valence-corrected chi connectivity index (χ1v) is 8.57. The van der Waals surface area contributed by atoms with E-state index in [4.69, 9.17) is 0 Å². The molecule has 1 unspecified atom stereocenters. The summed E-state index contributed by atoms with van der Waals surface area (Å²) in [4.78, 5) is 2.19. The lowest BCUT2D eigenvalue weighted by atomic mass is 9.85. The molecular formula is C21H20FN3. The molecule has 0 N–H and O–H groups in total. The van der Waals surface area contributed by atoms with Gasteiger partial charge in [-0.3, -0.25) is 0 Å². The van der Waals surface area contributed by atoms with E-state index in [1.165, 1.54) is 5.56 Å². The molecule has 0 bridgehead atoms. The van der Waals surface area contributed by atoms with Crippen molar-refractivity contribution in [3.63, 3.8) is 0 Å². The van der Waals surface area contributed by atoms with Gasteiger partial charge in [-0.05, 0) is 49.3 Å². The predicted octanol–water partition coefficient (Wildman–Crippen LogP) is 4.25. The van der Waals surface area contributed by atoms with E-state index >= 15 is 4.39 Å². The van der Waals surface area contributed by atoms with Crippen molar-refractivity contribution >= 4 is 0 Å². The second-order valence-corrected chi connectivity index (χ2v) is 6.59. The third kappa shape index (κ3) is 3.05. The van der Waals surface area contributed by atoms with E-state index in [0.29, 0.717) is 17.8 Å². The summed E-state index contributed by atoms with van der Waals surface area (Å²) in [5.74, 6) is 0.0410. The van der Waals surface area contributed by atoms with Crippen molar-refractivity contribution in [2.75, 3.05) is 13.6 Å². The fraction of sp³-hybridized carbons (Fsp3) is 0.238. The number of hydrogen-bond donors (Lipinski definition) is 0. The number of halogens is 1. The summed E-state index contributed by atoms with van der Waals surface area (Å²) in [6, 6.07) is 17.9. The van der Waals surface area contributed by atoms with Gasteiger partial charge < -0.3 is 4.90 Å². The summed E-state index contributed by atoms with van der Waals surface area (Å²) in [5, 5.41) is 7.96. The topological polar surface area (TPSA) is 29.0 Å². The summed E-state index contributed by atoms with van der Waals surface area (Å²) >= 11 is 0. The minimum atomic E-state index is -0.173. The molecule has 0 saturated heterocycles. The number of aromatic nitrogens is 2. The van der Waals surface area contributed by atoms with Gasteiger partial charge in [0.1, 0.15) is 5.82 Å². The van der Waals surface area contributed by atoms with Crippen LogP contribution in [-0.4, -0.2) is 28.7 Å². The van der Waals surface area contributed by atoms with Gasteiger partial charge in [0.2, 0.25) is 0 Å². The van der Waals surface area contributed by atoms with E-state index in [0.717, 1.165) is 24.1 Å². The van der Waals surface area contributed by atoms with Gasteiger partial charge in [0, 0.05) is 29.8 Å². The Morgan fingerprint density at radius 1 is 1.04 bits per heavy atom. The summed E-state index contributed by atoms with van der Waals surface area (Å²) < 4.78 is 15.4. The average Bonchev–Trinajstić information content (AvgIpc) is 2.83. The zero-order valence-electron chi connectivity index (χ0n) is 14.2. The molecule has 1 aromatic heterocycles. The van der Waals surface area contributed by atoms with E-state index < -0.39 is 0 Å². The molecule has 0 spiro atoms. The van der Waals surface area contributed by atoms with Crippen molar-refractivity contribution in [2.45, 2.75) is 18.9 Å². The lowest BCUT2D eigenvalue weighted by Crippen LogP contribution is -2.18. The minimum absolute atomic E-state index is 0.173. The molecule has 126 valence electrons. The SMILES string of the molecule is CN1CCC(c2ccccc2)c2ccc(-c3cccnn3)c(F)c2C1. The standard InChI is InChI=1S/C21H20FN3/c1-25-13-11-16(15-6-3-2-4-7-15)17-9-10-18(21(22)19(17)14-25)20-8-5-12-23-24-20/h2-10,12,16H,11,13-14H2,1H3. The molecule has 2 aromatic carbocycles. The van der Waals surface area contributed by atoms with Crippen LogP contribution >= 0.6 is 0 Å². The van der Waals surface area contributed by atoms with E-state index in [9.17, 15) is 0 Å². The molecule has 3 aromatic rings. The molecule has 4 heteroatoms. The molecule has 1 atom stereocenters. The van der Waals surface area contributed by atoms with E-state index in [1.54, 1.807) is 18.3 Å². The Morgan fingerprint density at radius 2 is 1.88 bits per heavy atom. The van der Waals surface area contributed by atoms with E-state index in [2.05, 4.69) is 33.3 Å². The monoisotopic (exact) mass is 333 g/mol. The maximum Gasteiger partial charge on any atom is 0.137 e. The first-order valence-electron chi connectivity index (χ1n) is 8.57. The number of benzene rings is 2. The van der Waals surface area contributed by atoms with Crippen LogP contribution in [0.2, 0.25) is 0 Å². The highest BCUT2D eigenvalue weighted by molar-refractivity contribution is 5.62. The van der Waals surface area contributed by atoms with Gasteiger partial charge in [-0.1, -0.05) is 36.4 Å². The van der Waals surface area contributed by atoms with Crippen LogP contribution in [0.15, 0.2) is 60.8 Å². The quantitative estimate of drug-likeness (QED) is 0.702. The van der Waals surface area contributed by atoms with Crippen LogP contribution in [0.5, 0.6) is 0 Å². The maximum atomic E-state index is 15.4. The fourth-order valence-electron chi connectivity index (χ4n) is 3.65. The molecule has 1 aliphatic heterocycles. The molecule has 0 radical (unpaired) electrons. The molecule has 1 aliphatic rings. The lowest BCUT2D eigenvalue weighted by molar-refractivity contribution is 0.324. The van der Waals surface area contributed by atoms with Crippen molar-refractivity contribution in [3.8, 4) is 11.3 Å². The molecule has 4 rings (SSSR count). The first kappa shape index (κ1) is 15.9. The molecule has 3 nitrogen and oxygen atoms in total. The van der Waals surface area contributed by atoms with Gasteiger partial charge >= 0.3 is 0 Å². The van der Waals surface area contributed by atoms with Gasteiger partial charge in [-0.25, -0.2) is 4.39 Å². The zero-order valence-corrected chi connectivity index (χ0v) is 14.2. The van der Waals surface area contributed by atoms with Gasteiger partial charge in [0.15, 0.2) is 0 Å². The first-order chi connectivity index (χ1) is 12.2. The molecule has 0 amide bonds. The largest absolute Gasteiger partial charge is 0.302 e. The minimum Gasteiger partial charge on any atom is -0.302 e. The van der Waals surface area contributed by atoms with Crippen LogP contribution in [-0.2, 0) is 6.54 Å². The van der Waals surface area contributed by atoms with Crippen LogP contribution in [0.1, 0.15) is 29.0 Å².